The number of carbonyl (C=O) groups excluding carboxylic acids is 3. The van der Waals surface area contributed by atoms with Crippen LogP contribution in [0.15, 0.2) is 18.2 Å². The zero-order valence-corrected chi connectivity index (χ0v) is 16.6. The lowest BCUT2D eigenvalue weighted by atomic mass is 9.68. The zero-order valence-electron chi connectivity index (χ0n) is 16.6. The molecule has 3 fully saturated rings. The first-order chi connectivity index (χ1) is 14.4. The highest BCUT2D eigenvalue weighted by molar-refractivity contribution is 6.20. The summed E-state index contributed by atoms with van der Waals surface area (Å²) in [5.74, 6) is -1.00. The molecule has 30 heavy (non-hydrogen) atoms. The fourth-order valence-electron chi connectivity index (χ4n) is 5.89. The predicted octanol–water partition coefficient (Wildman–Crippen LogP) is 2.52. The molecule has 1 saturated carbocycles. The van der Waals surface area contributed by atoms with E-state index >= 15 is 0 Å². The molecule has 4 aliphatic rings. The molecule has 1 spiro atoms. The summed E-state index contributed by atoms with van der Waals surface area (Å²) >= 11 is 0. The van der Waals surface area contributed by atoms with Crippen LogP contribution in [-0.2, 0) is 16.0 Å². The molecule has 0 radical (unpaired) electrons. The minimum absolute atomic E-state index is 0.0644. The van der Waals surface area contributed by atoms with Crippen molar-refractivity contribution in [2.45, 2.75) is 63.5 Å². The molecule has 1 aromatic carbocycles. The summed E-state index contributed by atoms with van der Waals surface area (Å²) in [6.07, 6.45) is 6.05. The Morgan fingerprint density at radius 1 is 1.07 bits per heavy atom. The van der Waals surface area contributed by atoms with E-state index in [-0.39, 0.29) is 24.2 Å². The monoisotopic (exact) mass is 412 g/mol. The van der Waals surface area contributed by atoms with E-state index in [0.717, 1.165) is 44.2 Å². The summed E-state index contributed by atoms with van der Waals surface area (Å²) in [4.78, 5) is 54.0. The SMILES string of the molecule is O=C1NC(=O)[C@]2(Cc3cc([N+](=O)[O-])ccc3N3CCC[C@H]32)C(=O)N1C1CCCCC1. The molecule has 158 valence electrons. The number of rotatable bonds is 2. The number of barbiturate groups is 1. The molecule has 1 aromatic rings. The summed E-state index contributed by atoms with van der Waals surface area (Å²) in [5, 5.41) is 13.8. The maximum absolute atomic E-state index is 13.9. The molecular formula is C21H24N4O5. The lowest BCUT2D eigenvalue weighted by Gasteiger charge is -2.51. The van der Waals surface area contributed by atoms with Crippen molar-refractivity contribution in [2.75, 3.05) is 11.4 Å². The highest BCUT2D eigenvalue weighted by atomic mass is 16.6. The topological polar surface area (TPSA) is 113 Å². The van der Waals surface area contributed by atoms with Crippen LogP contribution in [-0.4, -0.2) is 46.3 Å². The fourth-order valence-corrected chi connectivity index (χ4v) is 5.89. The fraction of sp³-hybridized carbons (Fsp3) is 0.571. The molecule has 3 heterocycles. The normalized spacial score (nSPS) is 29.1. The second-order valence-corrected chi connectivity index (χ2v) is 8.80. The number of amides is 4. The van der Waals surface area contributed by atoms with E-state index in [2.05, 4.69) is 5.32 Å². The second-order valence-electron chi connectivity index (χ2n) is 8.80. The molecule has 1 N–H and O–H groups in total. The van der Waals surface area contributed by atoms with Crippen LogP contribution in [0.25, 0.3) is 0 Å². The average molecular weight is 412 g/mol. The Labute approximate surface area is 173 Å². The van der Waals surface area contributed by atoms with Gasteiger partial charge in [0, 0.05) is 36.8 Å². The van der Waals surface area contributed by atoms with E-state index in [1.807, 2.05) is 4.90 Å². The van der Waals surface area contributed by atoms with E-state index in [9.17, 15) is 24.5 Å². The van der Waals surface area contributed by atoms with Gasteiger partial charge < -0.3 is 4.90 Å². The maximum atomic E-state index is 13.9. The number of hydrogen-bond donors (Lipinski definition) is 1. The Kier molecular flexibility index (Phi) is 4.30. The van der Waals surface area contributed by atoms with Gasteiger partial charge in [-0.3, -0.25) is 29.9 Å². The van der Waals surface area contributed by atoms with E-state index < -0.39 is 28.2 Å². The van der Waals surface area contributed by atoms with Crippen LogP contribution in [0.5, 0.6) is 0 Å². The van der Waals surface area contributed by atoms with Gasteiger partial charge in [0.2, 0.25) is 11.8 Å². The highest BCUT2D eigenvalue weighted by Gasteiger charge is 2.63. The van der Waals surface area contributed by atoms with Crippen LogP contribution >= 0.6 is 0 Å². The first-order valence-electron chi connectivity index (χ1n) is 10.7. The summed E-state index contributed by atoms with van der Waals surface area (Å²) in [6.45, 7) is 0.676. The molecule has 5 rings (SSSR count). The lowest BCUT2D eigenvalue weighted by molar-refractivity contribution is -0.384. The summed E-state index contributed by atoms with van der Waals surface area (Å²) in [5.41, 5.74) is -0.0333. The van der Waals surface area contributed by atoms with E-state index in [4.69, 9.17) is 0 Å². The van der Waals surface area contributed by atoms with Crippen LogP contribution in [0.1, 0.15) is 50.5 Å². The Balaban J connectivity index is 1.61. The summed E-state index contributed by atoms with van der Waals surface area (Å²) < 4.78 is 0. The molecule has 1 aliphatic carbocycles. The largest absolute Gasteiger partial charge is 0.367 e. The van der Waals surface area contributed by atoms with Crippen molar-refractivity contribution in [3.63, 3.8) is 0 Å². The van der Waals surface area contributed by atoms with Crippen LogP contribution < -0.4 is 10.2 Å². The van der Waals surface area contributed by atoms with Gasteiger partial charge in [0.25, 0.3) is 5.69 Å². The number of carbonyl (C=O) groups is 3. The average Bonchev–Trinajstić information content (AvgIpc) is 3.23. The van der Waals surface area contributed by atoms with Gasteiger partial charge in [0.05, 0.1) is 11.0 Å². The molecule has 0 bridgehead atoms. The van der Waals surface area contributed by atoms with Crippen molar-refractivity contribution in [3.8, 4) is 0 Å². The van der Waals surface area contributed by atoms with Gasteiger partial charge in [-0.25, -0.2) is 4.79 Å². The first-order valence-corrected chi connectivity index (χ1v) is 10.7. The number of urea groups is 1. The van der Waals surface area contributed by atoms with Gasteiger partial charge in [0.15, 0.2) is 5.41 Å². The van der Waals surface area contributed by atoms with Gasteiger partial charge in [-0.1, -0.05) is 19.3 Å². The van der Waals surface area contributed by atoms with Crippen LogP contribution in [0, 0.1) is 15.5 Å². The number of imide groups is 2. The van der Waals surface area contributed by atoms with Crippen molar-refractivity contribution < 1.29 is 19.3 Å². The minimum Gasteiger partial charge on any atom is -0.367 e. The molecule has 2 saturated heterocycles. The maximum Gasteiger partial charge on any atom is 0.331 e. The van der Waals surface area contributed by atoms with Crippen molar-refractivity contribution in [2.24, 2.45) is 5.41 Å². The third-order valence-corrected chi connectivity index (χ3v) is 7.26. The number of nitrogens with one attached hydrogen (secondary N) is 1. The smallest absolute Gasteiger partial charge is 0.331 e. The number of non-ortho nitro benzene ring substituents is 1. The quantitative estimate of drug-likeness (QED) is 0.454. The molecule has 0 aromatic heterocycles. The standard InChI is InChI=1S/C21H24N4O5/c26-18-21(19(27)24(20(28)22-18)14-5-2-1-3-6-14)12-13-11-15(25(29)30)8-9-16(13)23-10-4-7-17(21)23/h8-9,11,14,17H,1-7,10,12H2,(H,22,26,28)/t17-,21+/m0/s1. The number of benzene rings is 1. The Bertz CT molecular complexity index is 957. The molecule has 9 heteroatoms. The number of hydrogen-bond acceptors (Lipinski definition) is 6. The van der Waals surface area contributed by atoms with Crippen molar-refractivity contribution in [1.82, 2.24) is 10.2 Å². The Hall–Kier alpha value is -2.97. The predicted molar refractivity (Wildman–Crippen MR) is 107 cm³/mol. The van der Waals surface area contributed by atoms with Crippen LogP contribution in [0.3, 0.4) is 0 Å². The van der Waals surface area contributed by atoms with Gasteiger partial charge >= 0.3 is 6.03 Å². The zero-order chi connectivity index (χ0) is 21.0. The lowest BCUT2D eigenvalue weighted by Crippen LogP contribution is -2.72. The second kappa shape index (κ2) is 6.78. The molecule has 0 unspecified atom stereocenters. The summed E-state index contributed by atoms with van der Waals surface area (Å²) in [6, 6.07) is 3.47. The number of fused-ring (bicyclic) bond motifs is 4. The molecule has 2 atom stereocenters. The molecule has 3 aliphatic heterocycles. The number of nitrogens with zero attached hydrogens (tertiary/aromatic N) is 3. The molecule has 9 nitrogen and oxygen atoms in total. The van der Waals surface area contributed by atoms with Crippen molar-refractivity contribution >= 4 is 29.2 Å². The highest BCUT2D eigenvalue weighted by Crippen LogP contribution is 2.49. The summed E-state index contributed by atoms with van der Waals surface area (Å²) in [7, 11) is 0. The van der Waals surface area contributed by atoms with Crippen molar-refractivity contribution in [1.29, 1.82) is 0 Å². The van der Waals surface area contributed by atoms with E-state index in [1.54, 1.807) is 6.07 Å². The molecule has 4 amide bonds. The van der Waals surface area contributed by atoms with Crippen LogP contribution in [0.2, 0.25) is 0 Å². The van der Waals surface area contributed by atoms with Crippen molar-refractivity contribution in [3.05, 3.63) is 33.9 Å². The molecular weight excluding hydrogens is 388 g/mol. The van der Waals surface area contributed by atoms with E-state index in [0.29, 0.717) is 18.5 Å². The Morgan fingerprint density at radius 2 is 1.83 bits per heavy atom. The third kappa shape index (κ3) is 2.57. The van der Waals surface area contributed by atoms with E-state index in [1.165, 1.54) is 17.0 Å². The Morgan fingerprint density at radius 3 is 2.57 bits per heavy atom. The van der Waals surface area contributed by atoms with Gasteiger partial charge in [-0.15, -0.1) is 0 Å². The number of nitro groups is 1. The van der Waals surface area contributed by atoms with Gasteiger partial charge in [-0.05, 0) is 37.3 Å². The van der Waals surface area contributed by atoms with Crippen LogP contribution in [0.4, 0.5) is 16.2 Å². The number of anilines is 1. The van der Waals surface area contributed by atoms with Gasteiger partial charge in [0.1, 0.15) is 0 Å². The minimum atomic E-state index is -1.43. The third-order valence-electron chi connectivity index (χ3n) is 7.26. The number of nitro benzene ring substituents is 1. The first kappa shape index (κ1) is 19.0. The van der Waals surface area contributed by atoms with Gasteiger partial charge in [-0.2, -0.15) is 0 Å².